The summed E-state index contributed by atoms with van der Waals surface area (Å²) >= 11 is 0. The fraction of sp³-hybridized carbons (Fsp3) is 0.800. The summed E-state index contributed by atoms with van der Waals surface area (Å²) in [5.41, 5.74) is 0. The second kappa shape index (κ2) is 3.19. The van der Waals surface area contributed by atoms with Gasteiger partial charge in [0.15, 0.2) is 0 Å². The first kappa shape index (κ1) is 8.09. The van der Waals surface area contributed by atoms with Crippen LogP contribution in [0.3, 0.4) is 0 Å². The van der Waals surface area contributed by atoms with Crippen molar-refractivity contribution in [2.45, 2.75) is 12.8 Å². The van der Waals surface area contributed by atoms with Crippen LogP contribution in [0.25, 0.3) is 0 Å². The van der Waals surface area contributed by atoms with Crippen LogP contribution in [0.5, 0.6) is 0 Å². The Labute approximate surface area is 62.0 Å². The molecule has 0 saturated carbocycles. The molecule has 0 unspecified atom stereocenters. The van der Waals surface area contributed by atoms with E-state index >= 15 is 0 Å². The van der Waals surface area contributed by atoms with E-state index in [0.29, 0.717) is 5.91 Å². The average molecular weight is 200 g/mol. The van der Waals surface area contributed by atoms with E-state index in [1.807, 2.05) is 7.05 Å². The minimum absolute atomic E-state index is 0. The molecule has 0 aliphatic carbocycles. The maximum atomic E-state index is 10.5. The molecule has 1 fully saturated rings. The number of nitrogens with zero attached hydrogens (tertiary/aromatic N) is 1. The van der Waals surface area contributed by atoms with Gasteiger partial charge in [-0.15, -0.1) is 0 Å². The Morgan fingerprint density at radius 3 is 2.38 bits per heavy atom. The van der Waals surface area contributed by atoms with Crippen molar-refractivity contribution in [2.75, 3.05) is 13.6 Å². The SMILES string of the molecule is CN1CCCC1=O.[Ru]. The molecule has 1 saturated heterocycles. The van der Waals surface area contributed by atoms with Crippen LogP contribution in [0.4, 0.5) is 0 Å². The Kier molecular flexibility index (Phi) is 3.22. The molecule has 0 aromatic carbocycles. The van der Waals surface area contributed by atoms with Crippen LogP contribution >= 0.6 is 0 Å². The molecule has 0 aromatic rings. The van der Waals surface area contributed by atoms with E-state index < -0.39 is 0 Å². The normalized spacial score (nSPS) is 18.6. The van der Waals surface area contributed by atoms with Gasteiger partial charge in [0.25, 0.3) is 0 Å². The second-order valence-corrected chi connectivity index (χ2v) is 1.92. The first-order valence-corrected chi connectivity index (χ1v) is 2.54. The Morgan fingerprint density at radius 1 is 1.62 bits per heavy atom. The van der Waals surface area contributed by atoms with Crippen LogP contribution in [0.1, 0.15) is 12.8 Å². The summed E-state index contributed by atoms with van der Waals surface area (Å²) in [6.07, 6.45) is 1.81. The molecule has 2 nitrogen and oxygen atoms in total. The largest absolute Gasteiger partial charge is 0.346 e. The summed E-state index contributed by atoms with van der Waals surface area (Å²) in [4.78, 5) is 12.3. The van der Waals surface area contributed by atoms with Gasteiger partial charge in [0.2, 0.25) is 5.91 Å². The summed E-state index contributed by atoms with van der Waals surface area (Å²) in [6.45, 7) is 0.957. The Balaban J connectivity index is 0.000000490. The quantitative estimate of drug-likeness (QED) is 0.513. The van der Waals surface area contributed by atoms with Crippen molar-refractivity contribution < 1.29 is 24.3 Å². The Morgan fingerprint density at radius 2 is 2.25 bits per heavy atom. The molecular weight excluding hydrogens is 191 g/mol. The maximum absolute atomic E-state index is 10.5. The van der Waals surface area contributed by atoms with E-state index in [1.54, 1.807) is 4.90 Å². The van der Waals surface area contributed by atoms with Crippen LogP contribution in [-0.4, -0.2) is 24.4 Å². The van der Waals surface area contributed by atoms with E-state index in [1.165, 1.54) is 0 Å². The van der Waals surface area contributed by atoms with E-state index in [4.69, 9.17) is 0 Å². The Bertz CT molecular complexity index is 94.4. The van der Waals surface area contributed by atoms with Gasteiger partial charge in [-0.25, -0.2) is 0 Å². The maximum Gasteiger partial charge on any atom is 0.222 e. The molecule has 0 N–H and O–H groups in total. The molecular formula is C5H9NORu. The van der Waals surface area contributed by atoms with Gasteiger partial charge in [0, 0.05) is 39.5 Å². The molecule has 0 atom stereocenters. The molecule has 0 radical (unpaired) electrons. The minimum Gasteiger partial charge on any atom is -0.346 e. The van der Waals surface area contributed by atoms with E-state index in [-0.39, 0.29) is 19.5 Å². The average Bonchev–Trinajstić information content (AvgIpc) is 1.91. The van der Waals surface area contributed by atoms with E-state index in [2.05, 4.69) is 0 Å². The molecule has 8 heavy (non-hydrogen) atoms. The van der Waals surface area contributed by atoms with Crippen molar-refractivity contribution in [2.24, 2.45) is 0 Å². The zero-order chi connectivity index (χ0) is 5.28. The van der Waals surface area contributed by atoms with Gasteiger partial charge in [0.05, 0.1) is 0 Å². The summed E-state index contributed by atoms with van der Waals surface area (Å²) in [5.74, 6) is 0.292. The minimum atomic E-state index is 0. The van der Waals surface area contributed by atoms with Crippen molar-refractivity contribution in [1.82, 2.24) is 4.90 Å². The second-order valence-electron chi connectivity index (χ2n) is 1.92. The van der Waals surface area contributed by atoms with Crippen molar-refractivity contribution in [1.29, 1.82) is 0 Å². The van der Waals surface area contributed by atoms with Gasteiger partial charge in [-0.05, 0) is 6.42 Å². The van der Waals surface area contributed by atoms with Crippen LogP contribution in [0, 0.1) is 0 Å². The first-order valence-electron chi connectivity index (χ1n) is 2.54. The number of hydrogen-bond donors (Lipinski definition) is 0. The van der Waals surface area contributed by atoms with Gasteiger partial charge in [0.1, 0.15) is 0 Å². The zero-order valence-corrected chi connectivity index (χ0v) is 6.57. The van der Waals surface area contributed by atoms with Gasteiger partial charge < -0.3 is 4.90 Å². The number of rotatable bonds is 0. The van der Waals surface area contributed by atoms with Crippen molar-refractivity contribution in [3.63, 3.8) is 0 Å². The third-order valence-electron chi connectivity index (χ3n) is 1.31. The van der Waals surface area contributed by atoms with Crippen molar-refractivity contribution >= 4 is 5.91 Å². The molecule has 1 aliphatic heterocycles. The van der Waals surface area contributed by atoms with Crippen LogP contribution in [0.2, 0.25) is 0 Å². The zero-order valence-electron chi connectivity index (χ0n) is 4.83. The number of amides is 1. The van der Waals surface area contributed by atoms with E-state index in [9.17, 15) is 4.79 Å². The molecule has 0 spiro atoms. The van der Waals surface area contributed by atoms with Crippen LogP contribution in [0.15, 0.2) is 0 Å². The number of carbonyl (C=O) groups excluding carboxylic acids is 1. The summed E-state index contributed by atoms with van der Waals surface area (Å²) < 4.78 is 0. The summed E-state index contributed by atoms with van der Waals surface area (Å²) in [7, 11) is 1.84. The van der Waals surface area contributed by atoms with Crippen LogP contribution in [-0.2, 0) is 24.3 Å². The summed E-state index contributed by atoms with van der Waals surface area (Å²) in [5, 5.41) is 0. The van der Waals surface area contributed by atoms with Gasteiger partial charge in [-0.3, -0.25) is 4.79 Å². The number of carbonyl (C=O) groups is 1. The third-order valence-corrected chi connectivity index (χ3v) is 1.31. The van der Waals surface area contributed by atoms with E-state index in [0.717, 1.165) is 19.4 Å². The molecule has 1 heterocycles. The molecule has 1 aliphatic rings. The molecule has 0 bridgehead atoms. The van der Waals surface area contributed by atoms with Gasteiger partial charge >= 0.3 is 0 Å². The summed E-state index contributed by atoms with van der Waals surface area (Å²) in [6, 6.07) is 0. The number of likely N-dealkylation sites (tertiary alicyclic amines) is 1. The smallest absolute Gasteiger partial charge is 0.222 e. The van der Waals surface area contributed by atoms with Crippen molar-refractivity contribution in [3.8, 4) is 0 Å². The van der Waals surface area contributed by atoms with Crippen LogP contribution < -0.4 is 0 Å². The molecule has 1 rings (SSSR count). The molecule has 48 valence electrons. The number of hydrogen-bond acceptors (Lipinski definition) is 1. The molecule has 0 aromatic heterocycles. The topological polar surface area (TPSA) is 20.3 Å². The fourth-order valence-electron chi connectivity index (χ4n) is 0.783. The van der Waals surface area contributed by atoms with Gasteiger partial charge in [-0.1, -0.05) is 0 Å². The third kappa shape index (κ3) is 1.55. The van der Waals surface area contributed by atoms with Gasteiger partial charge in [-0.2, -0.15) is 0 Å². The first-order chi connectivity index (χ1) is 3.30. The predicted molar refractivity (Wildman–Crippen MR) is 26.9 cm³/mol. The molecule has 3 heteroatoms. The monoisotopic (exact) mass is 201 g/mol. The van der Waals surface area contributed by atoms with Crippen molar-refractivity contribution in [3.05, 3.63) is 0 Å². The molecule has 1 amide bonds. The predicted octanol–water partition coefficient (Wildman–Crippen LogP) is 0.236. The fourth-order valence-corrected chi connectivity index (χ4v) is 0.783. The Hall–Kier alpha value is 0.0934. The standard InChI is InChI=1S/C5H9NO.Ru/c1-6-4-2-3-5(6)7;/h2-4H2,1H3;.